The number of para-hydroxylation sites is 2. The van der Waals surface area contributed by atoms with Gasteiger partial charge in [-0.2, -0.15) is 0 Å². The summed E-state index contributed by atoms with van der Waals surface area (Å²) in [4.78, 5) is 46.8. The number of nitrogens with zero attached hydrogens (tertiary/aromatic N) is 6. The molecule has 3 aromatic heterocycles. The molecule has 0 radical (unpaired) electrons. The number of benzene rings is 1. The molecule has 2 N–H and O–H groups in total. The van der Waals surface area contributed by atoms with Crippen LogP contribution >= 0.6 is 11.8 Å². The first-order valence-corrected chi connectivity index (χ1v) is 10.9. The van der Waals surface area contributed by atoms with E-state index in [9.17, 15) is 14.7 Å². The summed E-state index contributed by atoms with van der Waals surface area (Å²) in [7, 11) is 0. The molecule has 1 saturated heterocycles. The van der Waals surface area contributed by atoms with E-state index < -0.39 is 6.09 Å². The number of hydrogen-bond donors (Lipinski definition) is 2. The van der Waals surface area contributed by atoms with Crippen LogP contribution in [-0.4, -0.2) is 58.7 Å². The normalized spacial score (nSPS) is 15.0. The third kappa shape index (κ3) is 3.72. The maximum atomic E-state index is 13.3. The average molecular weight is 437 g/mol. The van der Waals surface area contributed by atoms with Gasteiger partial charge >= 0.3 is 6.09 Å². The molecule has 0 bridgehead atoms. The van der Waals surface area contributed by atoms with Crippen LogP contribution in [-0.2, 0) is 5.75 Å². The first-order chi connectivity index (χ1) is 15.1. The Morgan fingerprint density at radius 3 is 2.71 bits per heavy atom. The SMILES string of the molecule is O=C(O)N1CCC(n2c(SCc3nc4ccccc4[nH]3)nc3nccnc3c2=O)CC1. The predicted octanol–water partition coefficient (Wildman–Crippen LogP) is 2.67. The second-order valence-electron chi connectivity index (χ2n) is 7.29. The van der Waals surface area contributed by atoms with Crippen LogP contribution in [0.25, 0.3) is 22.2 Å². The third-order valence-electron chi connectivity index (χ3n) is 5.38. The van der Waals surface area contributed by atoms with E-state index in [0.29, 0.717) is 42.5 Å². The molecule has 0 aliphatic carbocycles. The molecular formula is C20H19N7O3S. The fourth-order valence-corrected chi connectivity index (χ4v) is 4.78. The number of carboxylic acid groups (broad SMARTS) is 1. The summed E-state index contributed by atoms with van der Waals surface area (Å²) in [6.07, 6.45) is 3.13. The van der Waals surface area contributed by atoms with Crippen LogP contribution in [0.2, 0.25) is 0 Å². The van der Waals surface area contributed by atoms with Gasteiger partial charge in [0, 0.05) is 31.5 Å². The predicted molar refractivity (Wildman–Crippen MR) is 115 cm³/mol. The van der Waals surface area contributed by atoms with E-state index in [2.05, 4.69) is 24.9 Å². The van der Waals surface area contributed by atoms with Crippen molar-refractivity contribution in [2.45, 2.75) is 29.8 Å². The molecule has 0 atom stereocenters. The van der Waals surface area contributed by atoms with Gasteiger partial charge < -0.3 is 15.0 Å². The van der Waals surface area contributed by atoms with Crippen molar-refractivity contribution >= 4 is 40.1 Å². The summed E-state index contributed by atoms with van der Waals surface area (Å²) in [6.45, 7) is 0.747. The van der Waals surface area contributed by atoms with Crippen molar-refractivity contribution in [3.63, 3.8) is 0 Å². The molecule has 10 nitrogen and oxygen atoms in total. The van der Waals surface area contributed by atoms with Crippen molar-refractivity contribution in [2.75, 3.05) is 13.1 Å². The van der Waals surface area contributed by atoms with Crippen molar-refractivity contribution in [1.82, 2.24) is 34.4 Å². The van der Waals surface area contributed by atoms with E-state index in [1.54, 1.807) is 4.57 Å². The fourth-order valence-electron chi connectivity index (χ4n) is 3.85. The zero-order valence-electron chi connectivity index (χ0n) is 16.4. The summed E-state index contributed by atoms with van der Waals surface area (Å²) in [5.41, 5.74) is 2.11. The number of rotatable bonds is 4. The fraction of sp³-hybridized carbons (Fsp3) is 0.300. The van der Waals surface area contributed by atoms with Crippen LogP contribution in [0.15, 0.2) is 46.6 Å². The summed E-state index contributed by atoms with van der Waals surface area (Å²) < 4.78 is 1.66. The Labute approximate surface area is 180 Å². The molecule has 4 heterocycles. The van der Waals surface area contributed by atoms with E-state index >= 15 is 0 Å². The highest BCUT2D eigenvalue weighted by molar-refractivity contribution is 7.98. The van der Waals surface area contributed by atoms with Crippen molar-refractivity contribution < 1.29 is 9.90 Å². The summed E-state index contributed by atoms with van der Waals surface area (Å²) >= 11 is 1.41. The molecule has 1 fully saturated rings. The van der Waals surface area contributed by atoms with Crippen molar-refractivity contribution in [3.8, 4) is 0 Å². The van der Waals surface area contributed by atoms with Gasteiger partial charge in [-0.05, 0) is 25.0 Å². The molecule has 0 saturated carbocycles. The van der Waals surface area contributed by atoms with Crippen molar-refractivity contribution in [1.29, 1.82) is 0 Å². The molecule has 1 aliphatic heterocycles. The lowest BCUT2D eigenvalue weighted by Gasteiger charge is -2.31. The maximum Gasteiger partial charge on any atom is 0.407 e. The van der Waals surface area contributed by atoms with E-state index in [0.717, 1.165) is 16.9 Å². The lowest BCUT2D eigenvalue weighted by atomic mass is 10.1. The standard InChI is InChI=1S/C20H19N7O3S/c28-18-16-17(22-8-7-21-16)25-19(27(18)12-5-9-26(10-6-12)20(29)30)31-11-15-23-13-3-1-2-4-14(13)24-15/h1-4,7-8,12H,5-6,9-11H2,(H,23,24)(H,29,30). The molecule has 4 aromatic rings. The van der Waals surface area contributed by atoms with Gasteiger partial charge in [0.15, 0.2) is 16.3 Å². The van der Waals surface area contributed by atoms with Crippen LogP contribution in [0, 0.1) is 0 Å². The molecule has 1 aliphatic rings. The smallest absolute Gasteiger partial charge is 0.407 e. The molecule has 1 aromatic carbocycles. The van der Waals surface area contributed by atoms with Gasteiger partial charge in [-0.1, -0.05) is 23.9 Å². The quantitative estimate of drug-likeness (QED) is 0.368. The van der Waals surface area contributed by atoms with Gasteiger partial charge in [-0.25, -0.2) is 24.7 Å². The van der Waals surface area contributed by atoms with E-state index in [1.807, 2.05) is 24.3 Å². The average Bonchev–Trinajstić information content (AvgIpc) is 3.21. The largest absolute Gasteiger partial charge is 0.465 e. The van der Waals surface area contributed by atoms with Crippen LogP contribution in [0.4, 0.5) is 4.79 Å². The zero-order chi connectivity index (χ0) is 21.4. The molecule has 31 heavy (non-hydrogen) atoms. The Kier molecular flexibility index (Phi) is 5.02. The molecule has 158 valence electrons. The Morgan fingerprint density at radius 1 is 1.16 bits per heavy atom. The summed E-state index contributed by atoms with van der Waals surface area (Å²) in [6, 6.07) is 7.63. The lowest BCUT2D eigenvalue weighted by Crippen LogP contribution is -2.40. The van der Waals surface area contributed by atoms with Crippen LogP contribution in [0.5, 0.6) is 0 Å². The van der Waals surface area contributed by atoms with E-state index in [4.69, 9.17) is 0 Å². The number of nitrogens with one attached hydrogen (secondary N) is 1. The van der Waals surface area contributed by atoms with E-state index in [-0.39, 0.29) is 17.1 Å². The lowest BCUT2D eigenvalue weighted by molar-refractivity contribution is 0.123. The van der Waals surface area contributed by atoms with Crippen LogP contribution in [0.1, 0.15) is 24.7 Å². The van der Waals surface area contributed by atoms with Gasteiger partial charge in [-0.3, -0.25) is 9.36 Å². The number of fused-ring (bicyclic) bond motifs is 2. The van der Waals surface area contributed by atoms with Gasteiger partial charge in [0.05, 0.1) is 16.8 Å². The summed E-state index contributed by atoms with van der Waals surface area (Å²) in [5.74, 6) is 1.29. The highest BCUT2D eigenvalue weighted by Crippen LogP contribution is 2.28. The minimum absolute atomic E-state index is 0.153. The van der Waals surface area contributed by atoms with Gasteiger partial charge in [-0.15, -0.1) is 0 Å². The molecule has 1 amide bonds. The molecular weight excluding hydrogens is 418 g/mol. The Bertz CT molecular complexity index is 1290. The minimum atomic E-state index is -0.937. The number of thioether (sulfide) groups is 1. The maximum absolute atomic E-state index is 13.3. The first-order valence-electron chi connectivity index (χ1n) is 9.87. The number of amides is 1. The second kappa shape index (κ2) is 7.99. The van der Waals surface area contributed by atoms with Crippen molar-refractivity contribution in [3.05, 3.63) is 52.8 Å². The monoisotopic (exact) mass is 437 g/mol. The highest BCUT2D eigenvalue weighted by Gasteiger charge is 2.27. The number of piperidine rings is 1. The van der Waals surface area contributed by atoms with Crippen LogP contribution in [0.3, 0.4) is 0 Å². The molecule has 5 rings (SSSR count). The molecule has 0 spiro atoms. The molecule has 11 heteroatoms. The topological polar surface area (TPSA) is 130 Å². The minimum Gasteiger partial charge on any atom is -0.465 e. The number of imidazole rings is 1. The van der Waals surface area contributed by atoms with Crippen molar-refractivity contribution in [2.24, 2.45) is 0 Å². The second-order valence-corrected chi connectivity index (χ2v) is 8.23. The van der Waals surface area contributed by atoms with Crippen LogP contribution < -0.4 is 5.56 Å². The summed E-state index contributed by atoms with van der Waals surface area (Å²) in [5, 5.41) is 9.76. The number of likely N-dealkylation sites (tertiary alicyclic amines) is 1. The zero-order valence-corrected chi connectivity index (χ0v) is 17.2. The number of aromatic amines is 1. The Morgan fingerprint density at radius 2 is 1.94 bits per heavy atom. The highest BCUT2D eigenvalue weighted by atomic mass is 32.2. The Hall–Kier alpha value is -3.47. The number of hydrogen-bond acceptors (Lipinski definition) is 7. The third-order valence-corrected chi connectivity index (χ3v) is 6.35. The number of H-pyrrole nitrogens is 1. The van der Waals surface area contributed by atoms with Gasteiger partial charge in [0.25, 0.3) is 5.56 Å². The van der Waals surface area contributed by atoms with Gasteiger partial charge in [0.2, 0.25) is 0 Å². The molecule has 0 unspecified atom stereocenters. The first kappa shape index (κ1) is 19.5. The number of aromatic nitrogens is 6. The Balaban J connectivity index is 1.49. The van der Waals surface area contributed by atoms with Gasteiger partial charge in [0.1, 0.15) is 5.82 Å². The van der Waals surface area contributed by atoms with E-state index in [1.165, 1.54) is 29.1 Å². The number of carbonyl (C=O) groups is 1.